The van der Waals surface area contributed by atoms with Crippen LogP contribution in [0.2, 0.25) is 5.02 Å². The fourth-order valence-electron chi connectivity index (χ4n) is 4.91. The van der Waals surface area contributed by atoms with E-state index in [1.54, 1.807) is 64.1 Å². The van der Waals surface area contributed by atoms with Crippen molar-refractivity contribution in [3.05, 3.63) is 64.7 Å². The van der Waals surface area contributed by atoms with Gasteiger partial charge >= 0.3 is 18.4 Å². The van der Waals surface area contributed by atoms with Crippen molar-refractivity contribution in [1.29, 1.82) is 0 Å². The number of aliphatic hydroxyl groups is 1. The SMILES string of the molecule is CC(C)(C)OC(=O)/N=C1\N[C@](C)(c2cccc(NC(=O)OCc3ccccc3)c2Cl)CC(=O)N1C1CC(O)(C(F)(F)F)C1. The van der Waals surface area contributed by atoms with Crippen molar-refractivity contribution < 1.29 is 42.1 Å². The van der Waals surface area contributed by atoms with Crippen molar-refractivity contribution in [1.82, 2.24) is 10.2 Å². The lowest BCUT2D eigenvalue weighted by Crippen LogP contribution is -2.69. The normalized spacial score (nSPS) is 25.0. The van der Waals surface area contributed by atoms with E-state index in [0.29, 0.717) is 5.56 Å². The van der Waals surface area contributed by atoms with Crippen LogP contribution in [-0.4, -0.2) is 57.5 Å². The third-order valence-electron chi connectivity index (χ3n) is 7.06. The minimum atomic E-state index is -4.89. The Bertz CT molecular complexity index is 1420. The van der Waals surface area contributed by atoms with Gasteiger partial charge in [0.25, 0.3) is 0 Å². The summed E-state index contributed by atoms with van der Waals surface area (Å²) in [6.45, 7) is 6.42. The Balaban J connectivity index is 1.59. The van der Waals surface area contributed by atoms with Crippen LogP contribution in [0.25, 0.3) is 0 Å². The maximum atomic E-state index is 13.5. The van der Waals surface area contributed by atoms with Crippen molar-refractivity contribution in [2.45, 2.75) is 82.5 Å². The van der Waals surface area contributed by atoms with Crippen molar-refractivity contribution in [2.24, 2.45) is 4.99 Å². The molecular weight excluding hydrogens is 593 g/mol. The zero-order valence-corrected chi connectivity index (χ0v) is 24.7. The van der Waals surface area contributed by atoms with E-state index >= 15 is 0 Å². The number of aliphatic imine (C=N–C) groups is 1. The van der Waals surface area contributed by atoms with Crippen LogP contribution in [0.3, 0.4) is 0 Å². The summed E-state index contributed by atoms with van der Waals surface area (Å²) in [5, 5.41) is 15.6. The number of halogens is 4. The number of benzene rings is 2. The fourth-order valence-corrected chi connectivity index (χ4v) is 5.29. The first-order chi connectivity index (χ1) is 19.9. The maximum Gasteiger partial charge on any atom is 0.437 e. The molecule has 43 heavy (non-hydrogen) atoms. The zero-order valence-electron chi connectivity index (χ0n) is 23.9. The number of anilines is 1. The molecule has 0 radical (unpaired) electrons. The molecule has 0 aromatic heterocycles. The molecule has 2 aliphatic rings. The molecule has 1 saturated carbocycles. The summed E-state index contributed by atoms with van der Waals surface area (Å²) in [5.41, 5.74) is -3.94. The number of ether oxygens (including phenoxy) is 2. The van der Waals surface area contributed by atoms with Crippen LogP contribution < -0.4 is 10.6 Å². The molecule has 4 rings (SSSR count). The summed E-state index contributed by atoms with van der Waals surface area (Å²) in [4.78, 5) is 43.5. The maximum absolute atomic E-state index is 13.5. The van der Waals surface area contributed by atoms with Gasteiger partial charge in [-0.05, 0) is 44.9 Å². The number of nitrogens with zero attached hydrogens (tertiary/aromatic N) is 2. The molecule has 3 amide bonds. The highest BCUT2D eigenvalue weighted by Gasteiger charge is 2.64. The van der Waals surface area contributed by atoms with E-state index in [1.807, 2.05) is 6.07 Å². The molecule has 0 bridgehead atoms. The van der Waals surface area contributed by atoms with Crippen LogP contribution in [0.4, 0.5) is 28.4 Å². The summed E-state index contributed by atoms with van der Waals surface area (Å²) in [6, 6.07) is 12.6. The van der Waals surface area contributed by atoms with Crippen molar-refractivity contribution >= 4 is 41.3 Å². The van der Waals surface area contributed by atoms with Gasteiger partial charge in [0.1, 0.15) is 12.2 Å². The van der Waals surface area contributed by atoms with E-state index in [2.05, 4.69) is 15.6 Å². The minimum absolute atomic E-state index is 0.0166. The summed E-state index contributed by atoms with van der Waals surface area (Å²) < 4.78 is 50.5. The third-order valence-corrected chi connectivity index (χ3v) is 7.47. The van der Waals surface area contributed by atoms with Gasteiger partial charge < -0.3 is 19.9 Å². The van der Waals surface area contributed by atoms with Gasteiger partial charge in [-0.2, -0.15) is 13.2 Å². The van der Waals surface area contributed by atoms with Gasteiger partial charge in [-0.1, -0.05) is 54.1 Å². The Labute approximate surface area is 251 Å². The highest BCUT2D eigenvalue weighted by atomic mass is 35.5. The quantitative estimate of drug-likeness (QED) is 0.379. The lowest BCUT2D eigenvalue weighted by Gasteiger charge is -2.52. The summed E-state index contributed by atoms with van der Waals surface area (Å²) in [5.74, 6) is -1.01. The summed E-state index contributed by atoms with van der Waals surface area (Å²) >= 11 is 6.68. The smallest absolute Gasteiger partial charge is 0.437 e. The van der Waals surface area contributed by atoms with Crippen LogP contribution in [-0.2, 0) is 26.4 Å². The van der Waals surface area contributed by atoms with E-state index in [4.69, 9.17) is 21.1 Å². The Morgan fingerprint density at radius 2 is 1.79 bits per heavy atom. The Hall–Kier alpha value is -3.84. The van der Waals surface area contributed by atoms with Crippen LogP contribution in [0.15, 0.2) is 53.5 Å². The molecule has 1 saturated heterocycles. The number of amides is 3. The zero-order chi connectivity index (χ0) is 31.8. The topological polar surface area (TPSA) is 130 Å². The van der Waals surface area contributed by atoms with E-state index < -0.39 is 59.9 Å². The molecule has 3 N–H and O–H groups in total. The Morgan fingerprint density at radius 1 is 1.14 bits per heavy atom. The third kappa shape index (κ3) is 7.21. The second-order valence-corrected chi connectivity index (χ2v) is 12.1. The van der Waals surface area contributed by atoms with Crippen LogP contribution in [0, 0.1) is 0 Å². The number of nitrogens with one attached hydrogen (secondary N) is 2. The van der Waals surface area contributed by atoms with E-state index in [9.17, 15) is 32.7 Å². The minimum Gasteiger partial charge on any atom is -0.444 e. The first-order valence-electron chi connectivity index (χ1n) is 13.4. The molecule has 2 aromatic carbocycles. The Morgan fingerprint density at radius 3 is 2.40 bits per heavy atom. The van der Waals surface area contributed by atoms with Gasteiger partial charge in [-0.25, -0.2) is 9.59 Å². The molecule has 1 aliphatic carbocycles. The number of guanidine groups is 1. The average molecular weight is 625 g/mol. The molecule has 1 atom stereocenters. The predicted molar refractivity (Wildman–Crippen MR) is 151 cm³/mol. The van der Waals surface area contributed by atoms with Gasteiger partial charge in [0.15, 0.2) is 5.60 Å². The molecular formula is C29H32ClF3N4O6. The highest BCUT2D eigenvalue weighted by molar-refractivity contribution is 6.34. The van der Waals surface area contributed by atoms with Crippen molar-refractivity contribution in [3.8, 4) is 0 Å². The second kappa shape index (κ2) is 11.7. The van der Waals surface area contributed by atoms with E-state index in [0.717, 1.165) is 10.5 Å². The van der Waals surface area contributed by atoms with E-state index in [-0.39, 0.29) is 29.7 Å². The highest BCUT2D eigenvalue weighted by Crippen LogP contribution is 2.48. The molecule has 10 nitrogen and oxygen atoms in total. The second-order valence-electron chi connectivity index (χ2n) is 11.8. The number of carbonyl (C=O) groups excluding carboxylic acids is 3. The Kier molecular flexibility index (Phi) is 8.72. The van der Waals surface area contributed by atoms with Crippen LogP contribution >= 0.6 is 11.6 Å². The first-order valence-corrected chi connectivity index (χ1v) is 13.8. The summed E-state index contributed by atoms with van der Waals surface area (Å²) in [6.07, 6.45) is -8.64. The lowest BCUT2D eigenvalue weighted by atomic mass is 9.73. The van der Waals surface area contributed by atoms with Crippen LogP contribution in [0.5, 0.6) is 0 Å². The van der Waals surface area contributed by atoms with E-state index in [1.165, 1.54) is 6.07 Å². The molecule has 1 heterocycles. The fraction of sp³-hybridized carbons (Fsp3) is 0.448. The predicted octanol–water partition coefficient (Wildman–Crippen LogP) is 5.87. The van der Waals surface area contributed by atoms with Gasteiger partial charge in [0.2, 0.25) is 11.9 Å². The van der Waals surface area contributed by atoms with Gasteiger partial charge in [0.05, 0.1) is 22.7 Å². The number of carbonyl (C=O) groups is 3. The molecule has 1 aliphatic heterocycles. The first kappa shape index (κ1) is 32.1. The van der Waals surface area contributed by atoms with Crippen LogP contribution in [0.1, 0.15) is 58.1 Å². The number of hydrogen-bond donors (Lipinski definition) is 3. The molecule has 2 fully saturated rings. The standard InChI is InChI=1S/C29H32ClF3N4O6/c1-26(2,3)43-25(40)35-23-36-27(4,15-21(38)37(23)18-13-28(41,14-18)29(31,32)33)19-11-8-12-20(22(19)30)34-24(39)42-16-17-9-6-5-7-10-17/h5-12,18,41H,13-16H2,1-4H3,(H,34,39)(H,35,36,40)/t18?,27-,28?/m0/s1. The molecule has 232 valence electrons. The van der Waals surface area contributed by atoms with Gasteiger partial charge in [-0.15, -0.1) is 4.99 Å². The molecule has 0 spiro atoms. The van der Waals surface area contributed by atoms with Crippen molar-refractivity contribution in [2.75, 3.05) is 5.32 Å². The van der Waals surface area contributed by atoms with Crippen molar-refractivity contribution in [3.63, 3.8) is 0 Å². The monoisotopic (exact) mass is 624 g/mol. The summed E-state index contributed by atoms with van der Waals surface area (Å²) in [7, 11) is 0. The average Bonchev–Trinajstić information content (AvgIpc) is 2.86. The largest absolute Gasteiger partial charge is 0.444 e. The molecule has 2 aromatic rings. The van der Waals surface area contributed by atoms with Gasteiger partial charge in [-0.3, -0.25) is 15.0 Å². The number of hydrogen-bond acceptors (Lipinski definition) is 6. The van der Waals surface area contributed by atoms with Gasteiger partial charge in [0, 0.05) is 18.9 Å². The number of rotatable bonds is 5. The molecule has 0 unspecified atom stereocenters. The molecule has 14 heteroatoms. The number of alkyl halides is 3. The lowest BCUT2D eigenvalue weighted by molar-refractivity contribution is -0.296.